The highest BCUT2D eigenvalue weighted by atomic mass is 35.5. The summed E-state index contributed by atoms with van der Waals surface area (Å²) in [4.78, 5) is 0. The fourth-order valence-electron chi connectivity index (χ4n) is 2.10. The van der Waals surface area contributed by atoms with E-state index in [1.807, 2.05) is 0 Å². The molecule has 1 N–H and O–H groups in total. The maximum absolute atomic E-state index is 12.8. The van der Waals surface area contributed by atoms with E-state index < -0.39 is 18.2 Å². The van der Waals surface area contributed by atoms with Crippen molar-refractivity contribution in [1.82, 2.24) is 0 Å². The third-order valence-electron chi connectivity index (χ3n) is 3.03. The number of hydrogen-bond acceptors (Lipinski definition) is 1. The molecule has 0 aliphatic heterocycles. The van der Waals surface area contributed by atoms with Crippen molar-refractivity contribution in [3.05, 3.63) is 70.7 Å². The van der Waals surface area contributed by atoms with E-state index in [0.717, 1.165) is 0 Å². The van der Waals surface area contributed by atoms with E-state index in [9.17, 15) is 18.3 Å². The van der Waals surface area contributed by atoms with E-state index in [1.54, 1.807) is 18.2 Å². The molecule has 1 atom stereocenters. The third kappa shape index (κ3) is 3.32. The Morgan fingerprint density at radius 1 is 0.850 bits per heavy atom. The molecule has 0 fully saturated rings. The minimum Gasteiger partial charge on any atom is -0.380 e. The largest absolute Gasteiger partial charge is 0.392 e. The van der Waals surface area contributed by atoms with Crippen molar-refractivity contribution in [2.45, 2.75) is 18.2 Å². The first-order valence-corrected chi connectivity index (χ1v) is 6.30. The molecule has 20 heavy (non-hydrogen) atoms. The lowest BCUT2D eigenvalue weighted by molar-refractivity contribution is -0.169. The molecule has 2 aromatic rings. The maximum Gasteiger partial charge on any atom is 0.392 e. The van der Waals surface area contributed by atoms with E-state index in [-0.39, 0.29) is 11.1 Å². The van der Waals surface area contributed by atoms with Crippen LogP contribution in [0.2, 0.25) is 5.02 Å². The molecule has 2 aromatic carbocycles. The monoisotopic (exact) mass is 300 g/mol. The lowest BCUT2D eigenvalue weighted by Gasteiger charge is -2.30. The Morgan fingerprint density at radius 3 is 1.85 bits per heavy atom. The van der Waals surface area contributed by atoms with Crippen LogP contribution in [0.15, 0.2) is 54.6 Å². The van der Waals surface area contributed by atoms with Crippen LogP contribution in [0.25, 0.3) is 0 Å². The zero-order chi connectivity index (χ0) is 14.8. The van der Waals surface area contributed by atoms with Gasteiger partial charge in [-0.2, -0.15) is 13.2 Å². The second-order valence-electron chi connectivity index (χ2n) is 4.53. The molecule has 1 unspecified atom stereocenters. The lowest BCUT2D eigenvalue weighted by atomic mass is 9.83. The Hall–Kier alpha value is -1.52. The summed E-state index contributed by atoms with van der Waals surface area (Å²) in [5.41, 5.74) is -1.77. The van der Waals surface area contributed by atoms with Gasteiger partial charge in [-0.1, -0.05) is 54.1 Å². The molecule has 0 aromatic heterocycles. The van der Waals surface area contributed by atoms with E-state index in [4.69, 9.17) is 11.6 Å². The van der Waals surface area contributed by atoms with Crippen molar-refractivity contribution in [1.29, 1.82) is 0 Å². The standard InChI is InChI=1S/C15H12ClF3O/c16-13-8-6-12(7-9-13)14(20,10-15(17,18)19)11-4-2-1-3-5-11/h1-9,20H,10H2. The van der Waals surface area contributed by atoms with Crippen LogP contribution in [0, 0.1) is 0 Å². The van der Waals surface area contributed by atoms with Crippen LogP contribution < -0.4 is 0 Å². The topological polar surface area (TPSA) is 20.2 Å². The van der Waals surface area contributed by atoms with Crippen LogP contribution in [-0.4, -0.2) is 11.3 Å². The van der Waals surface area contributed by atoms with Gasteiger partial charge < -0.3 is 5.11 Å². The van der Waals surface area contributed by atoms with Gasteiger partial charge in [0.1, 0.15) is 5.60 Å². The molecule has 0 aliphatic carbocycles. The molecule has 0 saturated carbocycles. The minimum atomic E-state index is -4.50. The Morgan fingerprint density at radius 2 is 1.35 bits per heavy atom. The molecule has 106 valence electrons. The van der Waals surface area contributed by atoms with Crippen molar-refractivity contribution in [2.75, 3.05) is 0 Å². The fraction of sp³-hybridized carbons (Fsp3) is 0.200. The zero-order valence-corrected chi connectivity index (χ0v) is 11.1. The highest BCUT2D eigenvalue weighted by Gasteiger charge is 2.43. The Balaban J connectivity index is 2.52. The first-order chi connectivity index (χ1) is 9.31. The van der Waals surface area contributed by atoms with E-state index >= 15 is 0 Å². The highest BCUT2D eigenvalue weighted by molar-refractivity contribution is 6.30. The Labute approximate surface area is 119 Å². The van der Waals surface area contributed by atoms with Gasteiger partial charge in [-0.05, 0) is 23.3 Å². The fourth-order valence-corrected chi connectivity index (χ4v) is 2.23. The quantitative estimate of drug-likeness (QED) is 0.883. The molecular weight excluding hydrogens is 289 g/mol. The van der Waals surface area contributed by atoms with Crippen LogP contribution >= 0.6 is 11.6 Å². The molecular formula is C15H12ClF3O. The number of benzene rings is 2. The summed E-state index contributed by atoms with van der Waals surface area (Å²) in [5.74, 6) is 0. The molecule has 1 nitrogen and oxygen atoms in total. The van der Waals surface area contributed by atoms with Crippen molar-refractivity contribution in [2.24, 2.45) is 0 Å². The molecule has 2 rings (SSSR count). The van der Waals surface area contributed by atoms with Crippen LogP contribution in [0.3, 0.4) is 0 Å². The average Bonchev–Trinajstić information content (AvgIpc) is 2.38. The molecule has 5 heteroatoms. The van der Waals surface area contributed by atoms with Crippen molar-refractivity contribution in [3.8, 4) is 0 Å². The summed E-state index contributed by atoms with van der Waals surface area (Å²) in [6.07, 6.45) is -5.85. The van der Waals surface area contributed by atoms with Gasteiger partial charge in [-0.25, -0.2) is 0 Å². The molecule has 0 heterocycles. The van der Waals surface area contributed by atoms with E-state index in [1.165, 1.54) is 36.4 Å². The molecule has 0 aliphatic rings. The van der Waals surface area contributed by atoms with Gasteiger partial charge in [-0.3, -0.25) is 0 Å². The van der Waals surface area contributed by atoms with Gasteiger partial charge >= 0.3 is 6.18 Å². The SMILES string of the molecule is OC(CC(F)(F)F)(c1ccccc1)c1ccc(Cl)cc1. The molecule has 0 radical (unpaired) electrons. The second-order valence-corrected chi connectivity index (χ2v) is 4.96. The van der Waals surface area contributed by atoms with Crippen LogP contribution in [0.4, 0.5) is 13.2 Å². The molecule has 0 amide bonds. The van der Waals surface area contributed by atoms with Gasteiger partial charge in [0.05, 0.1) is 6.42 Å². The second kappa shape index (κ2) is 5.46. The predicted molar refractivity (Wildman–Crippen MR) is 71.6 cm³/mol. The zero-order valence-electron chi connectivity index (χ0n) is 10.4. The summed E-state index contributed by atoms with van der Waals surface area (Å²) in [6, 6.07) is 13.5. The first-order valence-electron chi connectivity index (χ1n) is 5.92. The van der Waals surface area contributed by atoms with E-state index in [0.29, 0.717) is 5.02 Å². The third-order valence-corrected chi connectivity index (χ3v) is 3.28. The van der Waals surface area contributed by atoms with E-state index in [2.05, 4.69) is 0 Å². The van der Waals surface area contributed by atoms with Crippen LogP contribution in [0.5, 0.6) is 0 Å². The molecule has 0 saturated heterocycles. The number of rotatable bonds is 3. The number of hydrogen-bond donors (Lipinski definition) is 1. The summed E-state index contributed by atoms with van der Waals surface area (Å²) in [6.45, 7) is 0. The summed E-state index contributed by atoms with van der Waals surface area (Å²) < 4.78 is 38.4. The smallest absolute Gasteiger partial charge is 0.380 e. The Bertz CT molecular complexity index is 566. The number of aliphatic hydroxyl groups is 1. The molecule has 0 bridgehead atoms. The van der Waals surface area contributed by atoms with Crippen molar-refractivity contribution in [3.63, 3.8) is 0 Å². The minimum absolute atomic E-state index is 0.158. The van der Waals surface area contributed by atoms with Gasteiger partial charge in [0.2, 0.25) is 0 Å². The highest BCUT2D eigenvalue weighted by Crippen LogP contribution is 2.39. The van der Waals surface area contributed by atoms with Crippen molar-refractivity contribution >= 4 is 11.6 Å². The maximum atomic E-state index is 12.8. The summed E-state index contributed by atoms with van der Waals surface area (Å²) in [5, 5.41) is 11.0. The van der Waals surface area contributed by atoms with Crippen LogP contribution in [0.1, 0.15) is 17.5 Å². The van der Waals surface area contributed by atoms with Gasteiger partial charge in [0.25, 0.3) is 0 Å². The van der Waals surface area contributed by atoms with Gasteiger partial charge in [0, 0.05) is 5.02 Å². The summed E-state index contributed by atoms with van der Waals surface area (Å²) in [7, 11) is 0. The average molecular weight is 301 g/mol. The van der Waals surface area contributed by atoms with Crippen molar-refractivity contribution < 1.29 is 18.3 Å². The van der Waals surface area contributed by atoms with Gasteiger partial charge in [-0.15, -0.1) is 0 Å². The molecule has 0 spiro atoms. The predicted octanol–water partition coefficient (Wildman–Crippen LogP) is 4.53. The lowest BCUT2D eigenvalue weighted by Crippen LogP contribution is -2.33. The number of halogens is 4. The van der Waals surface area contributed by atoms with Crippen LogP contribution in [-0.2, 0) is 5.60 Å². The van der Waals surface area contributed by atoms with Gasteiger partial charge in [0.15, 0.2) is 0 Å². The normalized spacial score (nSPS) is 14.8. The first kappa shape index (κ1) is 14.9. The summed E-state index contributed by atoms with van der Waals surface area (Å²) >= 11 is 5.74. The Kier molecular flexibility index (Phi) is 4.06. The number of alkyl halides is 3.